The lowest BCUT2D eigenvalue weighted by Crippen LogP contribution is -2.42. The van der Waals surface area contributed by atoms with E-state index in [2.05, 4.69) is 29.6 Å². The smallest absolute Gasteiger partial charge is 0.229 e. The summed E-state index contributed by atoms with van der Waals surface area (Å²) in [6.45, 7) is 0.332. The molecule has 0 aromatic heterocycles. The van der Waals surface area contributed by atoms with Crippen LogP contribution in [0.5, 0.6) is 0 Å². The van der Waals surface area contributed by atoms with E-state index in [4.69, 9.17) is 5.73 Å². The summed E-state index contributed by atoms with van der Waals surface area (Å²) in [6.07, 6.45) is 2.93. The maximum atomic E-state index is 12.6. The minimum Gasteiger partial charge on any atom is -0.352 e. The second kappa shape index (κ2) is 6.75. The van der Waals surface area contributed by atoms with E-state index in [1.807, 2.05) is 30.3 Å². The number of benzene rings is 2. The summed E-state index contributed by atoms with van der Waals surface area (Å²) in [6, 6.07) is 18.5. The molecule has 3 heteroatoms. The van der Waals surface area contributed by atoms with Crippen molar-refractivity contribution in [3.05, 3.63) is 71.3 Å². The standard InChI is InChI=1S/C19H22N2O/c20-13-18(15-7-2-1-3-8-15)19(22)21-17-11-10-14-6-4-5-9-16(14)12-17/h1-9,17-18H,10-13,20H2,(H,21,22). The van der Waals surface area contributed by atoms with Crippen LogP contribution in [-0.2, 0) is 17.6 Å². The van der Waals surface area contributed by atoms with Gasteiger partial charge in [0.2, 0.25) is 5.91 Å². The first-order valence-electron chi connectivity index (χ1n) is 7.90. The topological polar surface area (TPSA) is 55.1 Å². The third-order valence-corrected chi connectivity index (χ3v) is 4.45. The van der Waals surface area contributed by atoms with Crippen LogP contribution < -0.4 is 11.1 Å². The number of aryl methyl sites for hydroxylation is 1. The van der Waals surface area contributed by atoms with Crippen molar-refractivity contribution in [3.8, 4) is 0 Å². The van der Waals surface area contributed by atoms with Crippen molar-refractivity contribution >= 4 is 5.91 Å². The summed E-state index contributed by atoms with van der Waals surface area (Å²) >= 11 is 0. The van der Waals surface area contributed by atoms with Gasteiger partial charge < -0.3 is 11.1 Å². The fourth-order valence-corrected chi connectivity index (χ4v) is 3.20. The summed E-state index contributed by atoms with van der Waals surface area (Å²) in [7, 11) is 0. The van der Waals surface area contributed by atoms with Gasteiger partial charge in [-0.3, -0.25) is 4.79 Å². The Hall–Kier alpha value is -2.13. The molecule has 2 aromatic carbocycles. The van der Waals surface area contributed by atoms with Gasteiger partial charge in [0.1, 0.15) is 0 Å². The van der Waals surface area contributed by atoms with Crippen LogP contribution in [0.3, 0.4) is 0 Å². The first kappa shape index (κ1) is 14.8. The zero-order valence-electron chi connectivity index (χ0n) is 12.7. The molecule has 0 spiro atoms. The monoisotopic (exact) mass is 294 g/mol. The van der Waals surface area contributed by atoms with Crippen molar-refractivity contribution in [2.24, 2.45) is 5.73 Å². The Morgan fingerprint density at radius 1 is 1.09 bits per heavy atom. The molecule has 3 N–H and O–H groups in total. The maximum absolute atomic E-state index is 12.6. The van der Waals surface area contributed by atoms with Crippen molar-refractivity contribution in [2.75, 3.05) is 6.54 Å². The molecule has 2 unspecified atom stereocenters. The molecule has 1 aliphatic carbocycles. The molecule has 0 bridgehead atoms. The number of nitrogens with two attached hydrogens (primary N) is 1. The highest BCUT2D eigenvalue weighted by Gasteiger charge is 2.24. The van der Waals surface area contributed by atoms with Crippen LogP contribution in [0.15, 0.2) is 54.6 Å². The number of hydrogen-bond acceptors (Lipinski definition) is 2. The molecule has 3 nitrogen and oxygen atoms in total. The summed E-state index contributed by atoms with van der Waals surface area (Å²) in [5, 5.41) is 3.19. The number of fused-ring (bicyclic) bond motifs is 1. The van der Waals surface area contributed by atoms with Crippen molar-refractivity contribution < 1.29 is 4.79 Å². The van der Waals surface area contributed by atoms with Gasteiger partial charge in [-0.25, -0.2) is 0 Å². The van der Waals surface area contributed by atoms with Gasteiger partial charge in [-0.2, -0.15) is 0 Å². The van der Waals surface area contributed by atoms with E-state index >= 15 is 0 Å². The molecule has 0 saturated carbocycles. The predicted octanol–water partition coefficient (Wildman–Crippen LogP) is 2.40. The van der Waals surface area contributed by atoms with Gasteiger partial charge >= 0.3 is 0 Å². The normalized spacial score (nSPS) is 18.3. The van der Waals surface area contributed by atoms with E-state index in [9.17, 15) is 4.79 Å². The van der Waals surface area contributed by atoms with E-state index in [0.717, 1.165) is 24.8 Å². The lowest BCUT2D eigenvalue weighted by atomic mass is 9.88. The lowest BCUT2D eigenvalue weighted by molar-refractivity contribution is -0.123. The van der Waals surface area contributed by atoms with Crippen molar-refractivity contribution in [2.45, 2.75) is 31.2 Å². The molecule has 0 fully saturated rings. The average molecular weight is 294 g/mol. The molecule has 2 atom stereocenters. The van der Waals surface area contributed by atoms with Crippen LogP contribution in [-0.4, -0.2) is 18.5 Å². The first-order valence-corrected chi connectivity index (χ1v) is 7.90. The van der Waals surface area contributed by atoms with Crippen LogP contribution in [0.4, 0.5) is 0 Å². The second-order valence-corrected chi connectivity index (χ2v) is 5.92. The Bertz CT molecular complexity index is 639. The van der Waals surface area contributed by atoms with Gasteiger partial charge in [-0.1, -0.05) is 54.6 Å². The molecule has 0 saturated heterocycles. The van der Waals surface area contributed by atoms with Crippen LogP contribution in [0.2, 0.25) is 0 Å². The third kappa shape index (κ3) is 3.20. The van der Waals surface area contributed by atoms with Crippen LogP contribution in [0.25, 0.3) is 0 Å². The van der Waals surface area contributed by atoms with Crippen molar-refractivity contribution in [1.82, 2.24) is 5.32 Å². The number of carbonyl (C=O) groups excluding carboxylic acids is 1. The molecule has 1 amide bonds. The highest BCUT2D eigenvalue weighted by Crippen LogP contribution is 2.22. The van der Waals surface area contributed by atoms with Gasteiger partial charge in [0.25, 0.3) is 0 Å². The van der Waals surface area contributed by atoms with E-state index in [1.54, 1.807) is 0 Å². The molecule has 22 heavy (non-hydrogen) atoms. The lowest BCUT2D eigenvalue weighted by Gasteiger charge is -2.27. The van der Waals surface area contributed by atoms with Gasteiger partial charge in [0.05, 0.1) is 5.92 Å². The number of rotatable bonds is 4. The average Bonchev–Trinajstić information content (AvgIpc) is 2.56. The molecule has 114 valence electrons. The maximum Gasteiger partial charge on any atom is 0.229 e. The summed E-state index contributed by atoms with van der Waals surface area (Å²) in [4.78, 5) is 12.6. The van der Waals surface area contributed by atoms with Crippen LogP contribution >= 0.6 is 0 Å². The fourth-order valence-electron chi connectivity index (χ4n) is 3.20. The Morgan fingerprint density at radius 2 is 1.77 bits per heavy atom. The minimum atomic E-state index is -0.265. The molecular weight excluding hydrogens is 272 g/mol. The molecule has 0 radical (unpaired) electrons. The number of hydrogen-bond donors (Lipinski definition) is 2. The number of nitrogens with one attached hydrogen (secondary N) is 1. The van der Waals surface area contributed by atoms with Gasteiger partial charge in [0.15, 0.2) is 0 Å². The molecular formula is C19H22N2O. The Kier molecular flexibility index (Phi) is 4.54. The first-order chi connectivity index (χ1) is 10.8. The van der Waals surface area contributed by atoms with Gasteiger partial charge in [-0.05, 0) is 36.0 Å². The summed E-state index contributed by atoms with van der Waals surface area (Å²) in [5.41, 5.74) is 9.57. The molecule has 1 aliphatic rings. The third-order valence-electron chi connectivity index (χ3n) is 4.45. The van der Waals surface area contributed by atoms with Crippen LogP contribution in [0.1, 0.15) is 29.0 Å². The Balaban J connectivity index is 1.67. The summed E-state index contributed by atoms with van der Waals surface area (Å²) in [5.74, 6) is -0.226. The Labute approximate surface area is 131 Å². The van der Waals surface area contributed by atoms with E-state index in [-0.39, 0.29) is 17.9 Å². The fraction of sp³-hybridized carbons (Fsp3) is 0.316. The minimum absolute atomic E-state index is 0.0399. The van der Waals surface area contributed by atoms with Crippen molar-refractivity contribution in [3.63, 3.8) is 0 Å². The van der Waals surface area contributed by atoms with Gasteiger partial charge in [0, 0.05) is 12.6 Å². The van der Waals surface area contributed by atoms with E-state index in [0.29, 0.717) is 6.54 Å². The van der Waals surface area contributed by atoms with E-state index in [1.165, 1.54) is 11.1 Å². The highest BCUT2D eigenvalue weighted by molar-refractivity contribution is 5.84. The predicted molar refractivity (Wildman–Crippen MR) is 88.6 cm³/mol. The zero-order chi connectivity index (χ0) is 15.4. The molecule has 2 aromatic rings. The number of carbonyl (C=O) groups is 1. The van der Waals surface area contributed by atoms with Crippen molar-refractivity contribution in [1.29, 1.82) is 0 Å². The molecule has 0 heterocycles. The van der Waals surface area contributed by atoms with Crippen LogP contribution in [0, 0.1) is 0 Å². The molecule has 0 aliphatic heterocycles. The summed E-state index contributed by atoms with van der Waals surface area (Å²) < 4.78 is 0. The number of amides is 1. The second-order valence-electron chi connectivity index (χ2n) is 5.92. The van der Waals surface area contributed by atoms with E-state index < -0.39 is 0 Å². The quantitative estimate of drug-likeness (QED) is 0.910. The Morgan fingerprint density at radius 3 is 2.50 bits per heavy atom. The highest BCUT2D eigenvalue weighted by atomic mass is 16.1. The van der Waals surface area contributed by atoms with Gasteiger partial charge in [-0.15, -0.1) is 0 Å². The molecule has 3 rings (SSSR count). The largest absolute Gasteiger partial charge is 0.352 e. The zero-order valence-corrected chi connectivity index (χ0v) is 12.7. The SMILES string of the molecule is NCC(C(=O)NC1CCc2ccccc2C1)c1ccccc1.